The number of aliphatic hydroxyl groups is 8. The molecule has 10 N–H and O–H groups in total. The Morgan fingerprint density at radius 1 is 0.821 bits per heavy atom. The van der Waals surface area contributed by atoms with Crippen molar-refractivity contribution < 1.29 is 65.0 Å². The monoisotopic (exact) mass is 415 g/mol. The lowest BCUT2D eigenvalue weighted by Crippen LogP contribution is -2.63. The number of amides is 1. The fourth-order valence-electron chi connectivity index (χ4n) is 2.55. The van der Waals surface area contributed by atoms with Gasteiger partial charge in [0.2, 0.25) is 5.91 Å². The van der Waals surface area contributed by atoms with E-state index >= 15 is 0 Å². The van der Waals surface area contributed by atoms with Gasteiger partial charge in [0.15, 0.2) is 18.7 Å². The molecule has 10 atom stereocenters. The molecule has 2 aliphatic heterocycles. The van der Waals surface area contributed by atoms with Gasteiger partial charge in [-0.25, -0.2) is 4.79 Å². The van der Waals surface area contributed by atoms with Gasteiger partial charge in [-0.2, -0.15) is 0 Å². The van der Waals surface area contributed by atoms with Crippen LogP contribution in [0.15, 0.2) is 0 Å². The van der Waals surface area contributed by atoms with Crippen LogP contribution in [-0.4, -0.2) is 126 Å². The van der Waals surface area contributed by atoms with Gasteiger partial charge in [-0.3, -0.25) is 4.79 Å². The van der Waals surface area contributed by atoms with Gasteiger partial charge in [0.05, 0.1) is 6.61 Å². The van der Waals surface area contributed by atoms with Gasteiger partial charge in [0, 0.05) is 6.92 Å². The van der Waals surface area contributed by atoms with Crippen molar-refractivity contribution in [3.05, 3.63) is 0 Å². The summed E-state index contributed by atoms with van der Waals surface area (Å²) < 4.78 is 9.15. The summed E-state index contributed by atoms with van der Waals surface area (Å²) in [6, 6.07) is -1.10. The van der Waals surface area contributed by atoms with E-state index in [2.05, 4.69) is 10.1 Å². The van der Waals surface area contributed by atoms with Crippen LogP contribution in [0.5, 0.6) is 0 Å². The Balaban J connectivity index is 0.000000283. The Labute approximate surface area is 158 Å². The number of carboxylic acids is 1. The van der Waals surface area contributed by atoms with Crippen molar-refractivity contribution in [3.8, 4) is 0 Å². The molecule has 2 saturated heterocycles. The van der Waals surface area contributed by atoms with E-state index in [1.165, 1.54) is 6.92 Å². The number of carbonyl (C=O) groups excluding carboxylic acids is 1. The summed E-state index contributed by atoms with van der Waals surface area (Å²) in [5.74, 6) is -1.98. The summed E-state index contributed by atoms with van der Waals surface area (Å²) >= 11 is 0. The first-order valence-electron chi connectivity index (χ1n) is 8.10. The maximum Gasteiger partial charge on any atom is 0.335 e. The first kappa shape index (κ1) is 24.6. The molecule has 0 aromatic carbocycles. The average Bonchev–Trinajstić information content (AvgIpc) is 2.63. The van der Waals surface area contributed by atoms with Crippen molar-refractivity contribution in [2.45, 2.75) is 68.3 Å². The van der Waals surface area contributed by atoms with E-state index in [0.717, 1.165) is 0 Å². The van der Waals surface area contributed by atoms with Crippen molar-refractivity contribution >= 4 is 11.9 Å². The smallest absolute Gasteiger partial charge is 0.335 e. The van der Waals surface area contributed by atoms with Gasteiger partial charge in [-0.15, -0.1) is 0 Å². The number of ether oxygens (including phenoxy) is 2. The van der Waals surface area contributed by atoms with E-state index in [-0.39, 0.29) is 0 Å². The first-order chi connectivity index (χ1) is 12.9. The number of rotatable bonds is 3. The number of carbonyl (C=O) groups is 2. The molecule has 0 aliphatic carbocycles. The topological polar surface area (TPSA) is 247 Å². The van der Waals surface area contributed by atoms with Crippen LogP contribution in [0.3, 0.4) is 0 Å². The fourth-order valence-corrected chi connectivity index (χ4v) is 2.55. The van der Waals surface area contributed by atoms with Crippen LogP contribution in [0, 0.1) is 0 Å². The predicted molar refractivity (Wildman–Crippen MR) is 84.1 cm³/mol. The summed E-state index contributed by atoms with van der Waals surface area (Å²) in [4.78, 5) is 21.1. The molecule has 2 fully saturated rings. The van der Waals surface area contributed by atoms with E-state index in [0.29, 0.717) is 0 Å². The van der Waals surface area contributed by atoms with Crippen LogP contribution in [0.25, 0.3) is 0 Å². The lowest BCUT2D eigenvalue weighted by molar-refractivity contribution is -0.279. The molecule has 28 heavy (non-hydrogen) atoms. The minimum Gasteiger partial charge on any atom is -0.479 e. The van der Waals surface area contributed by atoms with Crippen LogP contribution < -0.4 is 5.32 Å². The van der Waals surface area contributed by atoms with Gasteiger partial charge in [0.25, 0.3) is 0 Å². The van der Waals surface area contributed by atoms with Gasteiger partial charge < -0.3 is 60.7 Å². The maximum absolute atomic E-state index is 10.7. The lowest BCUT2D eigenvalue weighted by atomic mass is 9.97. The van der Waals surface area contributed by atoms with Crippen LogP contribution in [0.4, 0.5) is 0 Å². The second kappa shape index (κ2) is 10.4. The second-order valence-electron chi connectivity index (χ2n) is 6.21. The van der Waals surface area contributed by atoms with Crippen LogP contribution in [-0.2, 0) is 19.1 Å². The molecule has 14 heteroatoms. The summed E-state index contributed by atoms with van der Waals surface area (Å²) in [5, 5.41) is 83.8. The molecule has 0 bridgehead atoms. The number of hydrogen-bond acceptors (Lipinski definition) is 12. The Kier molecular flexibility index (Phi) is 9.09. The molecule has 0 saturated carbocycles. The highest BCUT2D eigenvalue weighted by molar-refractivity contribution is 5.73. The van der Waals surface area contributed by atoms with Crippen LogP contribution in [0.1, 0.15) is 6.92 Å². The number of hydrogen-bond donors (Lipinski definition) is 10. The van der Waals surface area contributed by atoms with Gasteiger partial charge in [-0.1, -0.05) is 0 Å². The number of carboxylic acid groups (broad SMARTS) is 1. The first-order valence-corrected chi connectivity index (χ1v) is 8.10. The van der Waals surface area contributed by atoms with Crippen molar-refractivity contribution in [2.75, 3.05) is 6.61 Å². The van der Waals surface area contributed by atoms with E-state index < -0.39 is 79.8 Å². The Bertz CT molecular complexity index is 533. The molecular formula is C14H25NO13. The zero-order valence-corrected chi connectivity index (χ0v) is 14.6. The highest BCUT2D eigenvalue weighted by Crippen LogP contribution is 2.20. The Morgan fingerprint density at radius 3 is 1.86 bits per heavy atom. The van der Waals surface area contributed by atoms with Crippen molar-refractivity contribution in [3.63, 3.8) is 0 Å². The standard InChI is InChI=1S/C8H15NO6.C6H10O7/c1-3(11)9-5-7(13)6(12)4(2-10)15-8(5)14;7-1-2(8)4(5(10)11)13-6(12)3(1)9/h4-8,10,12-14H,2H2,1H3,(H,9,11);1-4,6-9,12H,(H,10,11)/t4-,5-,6-,7-,8-;1-,2-,3+,4-,6+/m10/s1. The molecule has 0 unspecified atom stereocenters. The van der Waals surface area contributed by atoms with Gasteiger partial charge in [0.1, 0.15) is 42.7 Å². The summed E-state index contributed by atoms with van der Waals surface area (Å²) in [6.45, 7) is 0.687. The lowest BCUT2D eigenvalue weighted by Gasteiger charge is -2.40. The van der Waals surface area contributed by atoms with Crippen LogP contribution in [0.2, 0.25) is 0 Å². The third-order valence-electron chi connectivity index (χ3n) is 4.10. The highest BCUT2D eigenvalue weighted by Gasteiger charge is 2.46. The van der Waals surface area contributed by atoms with Crippen LogP contribution >= 0.6 is 0 Å². The predicted octanol–water partition coefficient (Wildman–Crippen LogP) is -6.21. The largest absolute Gasteiger partial charge is 0.479 e. The normalized spacial score (nSPS) is 43.5. The summed E-state index contributed by atoms with van der Waals surface area (Å²) in [6.07, 6.45) is -14.0. The van der Waals surface area contributed by atoms with Crippen molar-refractivity contribution in [1.82, 2.24) is 5.32 Å². The summed E-state index contributed by atoms with van der Waals surface area (Å²) in [5.41, 5.74) is 0. The maximum atomic E-state index is 10.7. The van der Waals surface area contributed by atoms with E-state index in [1.807, 2.05) is 0 Å². The molecule has 164 valence electrons. The minimum absolute atomic E-state index is 0.462. The molecule has 1 amide bonds. The number of aliphatic hydroxyl groups excluding tert-OH is 8. The molecule has 0 aromatic heterocycles. The SMILES string of the molecule is CC(=O)N[C@@H]1[C@@H](O)[C@H](O)[C@@H](CO)O[C@H]1O.O=C(O)[C@H]1O[C@@H](O)[C@H](O)[C@@H](O)[C@@H]1O. The zero-order valence-electron chi connectivity index (χ0n) is 14.6. The third kappa shape index (κ3) is 5.77. The highest BCUT2D eigenvalue weighted by atomic mass is 16.6. The van der Waals surface area contributed by atoms with Gasteiger partial charge >= 0.3 is 5.97 Å². The number of nitrogens with one attached hydrogen (secondary N) is 1. The molecule has 2 heterocycles. The second-order valence-corrected chi connectivity index (χ2v) is 6.21. The molecule has 2 aliphatic rings. The van der Waals surface area contributed by atoms with Crippen molar-refractivity contribution in [2.24, 2.45) is 0 Å². The minimum atomic E-state index is -1.81. The quantitative estimate of drug-likeness (QED) is 0.206. The zero-order chi connectivity index (χ0) is 21.8. The molecular weight excluding hydrogens is 390 g/mol. The summed E-state index contributed by atoms with van der Waals surface area (Å²) in [7, 11) is 0. The average molecular weight is 415 g/mol. The molecule has 2 rings (SSSR count). The Hall–Kier alpha value is -1.46. The number of aliphatic carboxylic acids is 1. The van der Waals surface area contributed by atoms with E-state index in [4.69, 9.17) is 35.4 Å². The molecule has 0 aromatic rings. The van der Waals surface area contributed by atoms with E-state index in [9.17, 15) is 24.9 Å². The van der Waals surface area contributed by atoms with E-state index in [1.54, 1.807) is 0 Å². The van der Waals surface area contributed by atoms with Gasteiger partial charge in [-0.05, 0) is 0 Å². The Morgan fingerprint density at radius 2 is 1.39 bits per heavy atom. The van der Waals surface area contributed by atoms with Crippen molar-refractivity contribution in [1.29, 1.82) is 0 Å². The molecule has 14 nitrogen and oxygen atoms in total. The molecule has 0 radical (unpaired) electrons. The molecule has 0 spiro atoms. The third-order valence-corrected chi connectivity index (χ3v) is 4.10. The fraction of sp³-hybridized carbons (Fsp3) is 0.857.